The highest BCUT2D eigenvalue weighted by molar-refractivity contribution is 6.01. The van der Waals surface area contributed by atoms with E-state index in [9.17, 15) is 14.9 Å². The topological polar surface area (TPSA) is 136 Å². The van der Waals surface area contributed by atoms with Gasteiger partial charge >= 0.3 is 12.1 Å². The fraction of sp³-hybridized carbons (Fsp3) is 0.429. The first-order valence-electron chi connectivity index (χ1n) is 16.1. The van der Waals surface area contributed by atoms with E-state index in [0.29, 0.717) is 42.0 Å². The van der Waals surface area contributed by atoms with E-state index in [-0.39, 0.29) is 30.4 Å². The second kappa shape index (κ2) is 13.3. The van der Waals surface area contributed by atoms with Gasteiger partial charge in [-0.1, -0.05) is 18.2 Å². The van der Waals surface area contributed by atoms with Crippen molar-refractivity contribution in [2.24, 2.45) is 5.92 Å². The van der Waals surface area contributed by atoms with Crippen LogP contribution in [0.15, 0.2) is 54.7 Å². The number of likely N-dealkylation sites (tertiary alicyclic amines) is 1. The van der Waals surface area contributed by atoms with Crippen LogP contribution < -0.4 is 9.64 Å². The highest BCUT2D eigenvalue weighted by atomic mass is 16.6. The molecule has 2 saturated heterocycles. The molecule has 6 rings (SSSR count). The number of aromatic nitrogens is 4. The monoisotopic (exact) mass is 637 g/mol. The maximum absolute atomic E-state index is 13.1. The van der Waals surface area contributed by atoms with Gasteiger partial charge in [-0.25, -0.2) is 24.2 Å². The third kappa shape index (κ3) is 6.99. The van der Waals surface area contributed by atoms with Crippen LogP contribution in [0.25, 0.3) is 27.8 Å². The van der Waals surface area contributed by atoms with E-state index >= 15 is 0 Å². The maximum atomic E-state index is 13.1. The number of pyridine rings is 2. The third-order valence-corrected chi connectivity index (χ3v) is 8.23. The van der Waals surface area contributed by atoms with Crippen LogP contribution in [0.5, 0.6) is 5.88 Å². The molecule has 1 atom stereocenters. The number of esters is 1. The SMILES string of the molecule is CCOC(=O)c1cc(-c2ccc(N3CCC(C#N)CC3)nc2)c2c(OC3CCN(C(=O)OC(C)(C)C)C3)nn(-c3ccccc3)c2n1. The minimum Gasteiger partial charge on any atom is -0.471 e. The first-order valence-corrected chi connectivity index (χ1v) is 16.1. The normalized spacial score (nSPS) is 17.0. The summed E-state index contributed by atoms with van der Waals surface area (Å²) in [6.45, 7) is 9.85. The standard InChI is InChI=1S/C35H39N7O5/c1-5-45-33(43)28-19-27(24-11-12-29(37-21-24)40-16-13-23(20-36)14-17-40)30-31(38-28)42(25-9-7-6-8-10-25)39-32(30)46-26-15-18-41(22-26)34(44)47-35(2,3)4/h6-12,19,21,23,26H,5,13-18,22H2,1-4H3. The summed E-state index contributed by atoms with van der Waals surface area (Å²) in [7, 11) is 0. The molecule has 0 saturated carbocycles. The number of fused-ring (bicyclic) bond motifs is 1. The van der Waals surface area contributed by atoms with Crippen LogP contribution in [0, 0.1) is 17.2 Å². The van der Waals surface area contributed by atoms with E-state index < -0.39 is 11.6 Å². The van der Waals surface area contributed by atoms with Crippen LogP contribution in [-0.4, -0.2) is 81.2 Å². The number of hydrogen-bond acceptors (Lipinski definition) is 10. The van der Waals surface area contributed by atoms with Gasteiger partial charge in [-0.15, -0.1) is 5.10 Å². The molecular weight excluding hydrogens is 598 g/mol. The predicted molar refractivity (Wildman–Crippen MR) is 175 cm³/mol. The van der Waals surface area contributed by atoms with Gasteiger partial charge in [0.15, 0.2) is 11.3 Å². The van der Waals surface area contributed by atoms with Gasteiger partial charge in [0.1, 0.15) is 17.5 Å². The quantitative estimate of drug-likeness (QED) is 0.229. The zero-order valence-electron chi connectivity index (χ0n) is 27.2. The van der Waals surface area contributed by atoms with Crippen molar-refractivity contribution in [3.63, 3.8) is 0 Å². The number of piperidine rings is 1. The minimum absolute atomic E-state index is 0.0765. The van der Waals surface area contributed by atoms with Gasteiger partial charge in [0.25, 0.3) is 0 Å². The third-order valence-electron chi connectivity index (χ3n) is 8.23. The van der Waals surface area contributed by atoms with Gasteiger partial charge in [-0.3, -0.25) is 0 Å². The first kappa shape index (κ1) is 31.8. The van der Waals surface area contributed by atoms with E-state index in [1.807, 2.05) is 63.2 Å². The second-order valence-corrected chi connectivity index (χ2v) is 12.8. The van der Waals surface area contributed by atoms with E-state index in [0.717, 1.165) is 43.0 Å². The molecule has 2 fully saturated rings. The number of hydrogen-bond donors (Lipinski definition) is 0. The molecule has 4 aromatic rings. The number of amides is 1. The Labute approximate surface area is 273 Å². The number of carbonyl (C=O) groups is 2. The van der Waals surface area contributed by atoms with Gasteiger partial charge in [0, 0.05) is 49.3 Å². The van der Waals surface area contributed by atoms with Crippen LogP contribution >= 0.6 is 0 Å². The summed E-state index contributed by atoms with van der Waals surface area (Å²) in [5, 5.41) is 14.8. The van der Waals surface area contributed by atoms with Crippen molar-refractivity contribution in [3.8, 4) is 28.8 Å². The van der Waals surface area contributed by atoms with Gasteiger partial charge < -0.3 is 24.0 Å². The van der Waals surface area contributed by atoms with Crippen molar-refractivity contribution >= 4 is 28.9 Å². The molecule has 2 aliphatic rings. The summed E-state index contributed by atoms with van der Waals surface area (Å²) in [5.74, 6) is 0.686. The van der Waals surface area contributed by atoms with Crippen molar-refractivity contribution in [2.75, 3.05) is 37.7 Å². The molecule has 0 spiro atoms. The van der Waals surface area contributed by atoms with Crippen LogP contribution in [0.3, 0.4) is 0 Å². The number of anilines is 1. The van der Waals surface area contributed by atoms with Crippen LogP contribution in [-0.2, 0) is 9.47 Å². The van der Waals surface area contributed by atoms with E-state index in [4.69, 9.17) is 29.3 Å². The van der Waals surface area contributed by atoms with Crippen molar-refractivity contribution < 1.29 is 23.8 Å². The van der Waals surface area contributed by atoms with Gasteiger partial charge in [-0.2, -0.15) is 5.26 Å². The molecule has 2 aliphatic heterocycles. The predicted octanol–water partition coefficient (Wildman–Crippen LogP) is 5.79. The molecule has 0 bridgehead atoms. The smallest absolute Gasteiger partial charge is 0.410 e. The average molecular weight is 638 g/mol. The molecule has 3 aromatic heterocycles. The summed E-state index contributed by atoms with van der Waals surface area (Å²) in [6, 6.07) is 17.5. The van der Waals surface area contributed by atoms with E-state index in [1.54, 1.807) is 28.8 Å². The van der Waals surface area contributed by atoms with Crippen molar-refractivity contribution in [2.45, 2.75) is 58.7 Å². The molecule has 1 aromatic carbocycles. The Morgan fingerprint density at radius 2 is 1.81 bits per heavy atom. The molecule has 5 heterocycles. The number of ether oxygens (including phenoxy) is 3. The van der Waals surface area contributed by atoms with Crippen molar-refractivity contribution in [1.29, 1.82) is 5.26 Å². The lowest BCUT2D eigenvalue weighted by molar-refractivity contribution is 0.0274. The number of rotatable bonds is 7. The first-order chi connectivity index (χ1) is 22.6. The Kier molecular flexibility index (Phi) is 8.98. The molecule has 12 heteroatoms. The molecule has 1 amide bonds. The lowest BCUT2D eigenvalue weighted by atomic mass is 9.98. The van der Waals surface area contributed by atoms with Gasteiger partial charge in [0.05, 0.1) is 30.3 Å². The summed E-state index contributed by atoms with van der Waals surface area (Å²) >= 11 is 0. The molecule has 244 valence electrons. The van der Waals surface area contributed by atoms with Crippen LogP contribution in [0.2, 0.25) is 0 Å². The lowest BCUT2D eigenvalue weighted by Crippen LogP contribution is -2.36. The number of benzene rings is 1. The molecule has 0 radical (unpaired) electrons. The molecule has 0 N–H and O–H groups in total. The largest absolute Gasteiger partial charge is 0.471 e. The van der Waals surface area contributed by atoms with Crippen molar-refractivity contribution in [1.82, 2.24) is 24.6 Å². The second-order valence-electron chi connectivity index (χ2n) is 12.8. The summed E-state index contributed by atoms with van der Waals surface area (Å²) < 4.78 is 19.2. The lowest BCUT2D eigenvalue weighted by Gasteiger charge is -2.30. The number of carbonyl (C=O) groups excluding carboxylic acids is 2. The molecule has 0 aliphatic carbocycles. The number of para-hydroxylation sites is 1. The molecular formula is C35H39N7O5. The van der Waals surface area contributed by atoms with E-state index in [2.05, 4.69) is 11.0 Å². The molecule has 47 heavy (non-hydrogen) atoms. The Bertz CT molecular complexity index is 1790. The number of nitrogens with zero attached hydrogens (tertiary/aromatic N) is 7. The fourth-order valence-electron chi connectivity index (χ4n) is 5.90. The molecule has 1 unspecified atom stereocenters. The Morgan fingerprint density at radius 1 is 1.04 bits per heavy atom. The summed E-state index contributed by atoms with van der Waals surface area (Å²) in [4.78, 5) is 39.2. The van der Waals surface area contributed by atoms with E-state index in [1.165, 1.54) is 0 Å². The summed E-state index contributed by atoms with van der Waals surface area (Å²) in [6.07, 6.45) is 3.27. The van der Waals surface area contributed by atoms with Crippen molar-refractivity contribution in [3.05, 3.63) is 60.4 Å². The zero-order valence-corrected chi connectivity index (χ0v) is 27.2. The Hall–Kier alpha value is -5.18. The Morgan fingerprint density at radius 3 is 2.47 bits per heavy atom. The minimum atomic E-state index is -0.603. The van der Waals surface area contributed by atoms with Crippen LogP contribution in [0.4, 0.5) is 10.6 Å². The molecule has 12 nitrogen and oxygen atoms in total. The van der Waals surface area contributed by atoms with Gasteiger partial charge in [-0.05, 0) is 70.9 Å². The highest BCUT2D eigenvalue weighted by Gasteiger charge is 2.33. The van der Waals surface area contributed by atoms with Crippen LogP contribution in [0.1, 0.15) is 57.4 Å². The zero-order chi connectivity index (χ0) is 33.1. The summed E-state index contributed by atoms with van der Waals surface area (Å²) in [5.41, 5.74) is 2.11. The Balaban J connectivity index is 1.41. The number of nitriles is 1. The maximum Gasteiger partial charge on any atom is 0.410 e. The average Bonchev–Trinajstić information content (AvgIpc) is 3.69. The highest BCUT2D eigenvalue weighted by Crippen LogP contribution is 2.38. The fourth-order valence-corrected chi connectivity index (χ4v) is 5.90. The van der Waals surface area contributed by atoms with Gasteiger partial charge in [0.2, 0.25) is 5.88 Å².